The molecule has 2 aliphatic heterocycles. The third-order valence-corrected chi connectivity index (χ3v) is 6.75. The molecule has 1 unspecified atom stereocenters. The number of likely N-dealkylation sites (tertiary alicyclic amines) is 1. The number of amides is 1. The van der Waals surface area contributed by atoms with Crippen LogP contribution in [0.25, 0.3) is 10.8 Å². The van der Waals surface area contributed by atoms with Gasteiger partial charge in [-0.05, 0) is 43.5 Å². The summed E-state index contributed by atoms with van der Waals surface area (Å²) in [5, 5.41) is 5.17. The Morgan fingerprint density at radius 1 is 1.03 bits per heavy atom. The molecular formula is C26H28N2O3. The van der Waals surface area contributed by atoms with Gasteiger partial charge in [0.25, 0.3) is 5.91 Å². The van der Waals surface area contributed by atoms with Crippen LogP contribution in [-0.2, 0) is 0 Å². The normalized spacial score (nSPS) is 20.1. The monoisotopic (exact) mass is 416 g/mol. The highest BCUT2D eigenvalue weighted by Crippen LogP contribution is 2.44. The Balaban J connectivity index is 1.48. The van der Waals surface area contributed by atoms with Gasteiger partial charge in [-0.15, -0.1) is 0 Å². The average Bonchev–Trinajstić information content (AvgIpc) is 2.80. The van der Waals surface area contributed by atoms with E-state index < -0.39 is 0 Å². The number of piperidine rings is 1. The number of hydrogen-bond donors (Lipinski definition) is 1. The minimum Gasteiger partial charge on any atom is -0.496 e. The highest BCUT2D eigenvalue weighted by molar-refractivity contribution is 6.08. The van der Waals surface area contributed by atoms with Crippen molar-refractivity contribution in [1.82, 2.24) is 10.2 Å². The van der Waals surface area contributed by atoms with E-state index in [1.54, 1.807) is 7.11 Å². The van der Waals surface area contributed by atoms with Crippen LogP contribution in [0.4, 0.5) is 0 Å². The third-order valence-electron chi connectivity index (χ3n) is 6.75. The summed E-state index contributed by atoms with van der Waals surface area (Å²) in [5.41, 5.74) is 1.50. The molecule has 2 heterocycles. The minimum atomic E-state index is -0.221. The molecule has 1 fully saturated rings. The number of carbonyl (C=O) groups is 1. The topological polar surface area (TPSA) is 50.8 Å². The van der Waals surface area contributed by atoms with Gasteiger partial charge < -0.3 is 19.7 Å². The van der Waals surface area contributed by atoms with Crippen molar-refractivity contribution in [2.24, 2.45) is 0 Å². The van der Waals surface area contributed by atoms with Crippen molar-refractivity contribution in [2.45, 2.75) is 30.9 Å². The summed E-state index contributed by atoms with van der Waals surface area (Å²) in [6.45, 7) is 2.01. The van der Waals surface area contributed by atoms with E-state index in [4.69, 9.17) is 9.47 Å². The molecule has 0 saturated carbocycles. The van der Waals surface area contributed by atoms with E-state index in [2.05, 4.69) is 23.3 Å². The standard InChI is InChI=1S/C26H28N2O3/c1-28-15-13-26(14-16-28)17-22(21-9-5-6-10-24(21)31-26)27-25(29)20-11-12-23(30-2)19-8-4-3-7-18(19)20/h3-12,22H,13-17H2,1-2H3,(H,27,29). The van der Waals surface area contributed by atoms with Gasteiger partial charge in [0, 0.05) is 36.0 Å². The van der Waals surface area contributed by atoms with E-state index in [1.807, 2.05) is 54.6 Å². The molecule has 0 bridgehead atoms. The number of ether oxygens (including phenoxy) is 2. The Kier molecular flexibility index (Phi) is 5.06. The van der Waals surface area contributed by atoms with Gasteiger partial charge >= 0.3 is 0 Å². The number of methoxy groups -OCH3 is 1. The largest absolute Gasteiger partial charge is 0.496 e. The number of rotatable bonds is 3. The van der Waals surface area contributed by atoms with Crippen LogP contribution in [0.3, 0.4) is 0 Å². The number of carbonyl (C=O) groups excluding carboxylic acids is 1. The molecule has 0 aromatic heterocycles. The Bertz CT molecular complexity index is 1120. The van der Waals surface area contributed by atoms with E-state index in [-0.39, 0.29) is 17.6 Å². The Morgan fingerprint density at radius 2 is 1.74 bits per heavy atom. The summed E-state index contributed by atoms with van der Waals surface area (Å²) in [6, 6.07) is 19.6. The van der Waals surface area contributed by atoms with Gasteiger partial charge in [-0.1, -0.05) is 42.5 Å². The Hall–Kier alpha value is -3.05. The van der Waals surface area contributed by atoms with Gasteiger partial charge in [0.1, 0.15) is 17.1 Å². The van der Waals surface area contributed by atoms with Crippen LogP contribution in [0.15, 0.2) is 60.7 Å². The molecule has 1 amide bonds. The highest BCUT2D eigenvalue weighted by Gasteiger charge is 2.43. The number of benzene rings is 3. The number of para-hydroxylation sites is 1. The second-order valence-electron chi connectivity index (χ2n) is 8.72. The first-order valence-corrected chi connectivity index (χ1v) is 10.9. The first-order chi connectivity index (χ1) is 15.1. The number of nitrogens with zero attached hydrogens (tertiary/aromatic N) is 1. The van der Waals surface area contributed by atoms with Crippen molar-refractivity contribution in [3.05, 3.63) is 71.8 Å². The van der Waals surface area contributed by atoms with Gasteiger partial charge in [-0.3, -0.25) is 4.79 Å². The lowest BCUT2D eigenvalue weighted by Gasteiger charge is -2.46. The van der Waals surface area contributed by atoms with Crippen LogP contribution in [0.2, 0.25) is 0 Å². The summed E-state index contributed by atoms with van der Waals surface area (Å²) in [5.74, 6) is 1.60. The molecule has 3 aromatic carbocycles. The Labute approximate surface area is 183 Å². The van der Waals surface area contributed by atoms with Crippen molar-refractivity contribution in [3.63, 3.8) is 0 Å². The van der Waals surface area contributed by atoms with Crippen LogP contribution in [-0.4, -0.2) is 43.7 Å². The van der Waals surface area contributed by atoms with Crippen molar-refractivity contribution >= 4 is 16.7 Å². The summed E-state index contributed by atoms with van der Waals surface area (Å²) in [6.07, 6.45) is 2.73. The molecule has 5 rings (SSSR count). The number of fused-ring (bicyclic) bond motifs is 2. The molecule has 1 spiro atoms. The van der Waals surface area contributed by atoms with E-state index in [0.717, 1.165) is 60.2 Å². The predicted molar refractivity (Wildman–Crippen MR) is 122 cm³/mol. The van der Waals surface area contributed by atoms with Gasteiger partial charge in [0.2, 0.25) is 0 Å². The first kappa shape index (κ1) is 19.9. The van der Waals surface area contributed by atoms with Gasteiger partial charge in [-0.2, -0.15) is 0 Å². The van der Waals surface area contributed by atoms with Crippen molar-refractivity contribution in [3.8, 4) is 11.5 Å². The van der Waals surface area contributed by atoms with Crippen LogP contribution in [0.5, 0.6) is 11.5 Å². The molecule has 0 aliphatic carbocycles. The fourth-order valence-corrected chi connectivity index (χ4v) is 4.96. The lowest BCUT2D eigenvalue weighted by atomic mass is 9.80. The maximum atomic E-state index is 13.5. The quantitative estimate of drug-likeness (QED) is 0.680. The zero-order valence-electron chi connectivity index (χ0n) is 18.1. The van der Waals surface area contributed by atoms with E-state index in [1.165, 1.54) is 0 Å². The lowest BCUT2D eigenvalue weighted by Crippen LogP contribution is -2.51. The number of hydrogen-bond acceptors (Lipinski definition) is 4. The third kappa shape index (κ3) is 3.63. The van der Waals surface area contributed by atoms with Gasteiger partial charge in [0.05, 0.1) is 13.2 Å². The summed E-state index contributed by atoms with van der Waals surface area (Å²) >= 11 is 0. The van der Waals surface area contributed by atoms with Crippen LogP contribution < -0.4 is 14.8 Å². The van der Waals surface area contributed by atoms with E-state index in [9.17, 15) is 4.79 Å². The molecule has 1 saturated heterocycles. The Morgan fingerprint density at radius 3 is 2.52 bits per heavy atom. The maximum absolute atomic E-state index is 13.5. The second kappa shape index (κ2) is 7.89. The average molecular weight is 417 g/mol. The SMILES string of the molecule is COc1ccc(C(=O)NC2CC3(CCN(C)CC3)Oc3ccccc32)c2ccccc12. The molecule has 0 radical (unpaired) electrons. The number of nitrogens with one attached hydrogen (secondary N) is 1. The smallest absolute Gasteiger partial charge is 0.252 e. The van der Waals surface area contributed by atoms with E-state index in [0.29, 0.717) is 5.56 Å². The van der Waals surface area contributed by atoms with Crippen LogP contribution >= 0.6 is 0 Å². The minimum absolute atomic E-state index is 0.0661. The zero-order valence-corrected chi connectivity index (χ0v) is 18.1. The molecule has 1 N–H and O–H groups in total. The second-order valence-corrected chi connectivity index (χ2v) is 8.72. The first-order valence-electron chi connectivity index (χ1n) is 10.9. The van der Waals surface area contributed by atoms with Gasteiger partial charge in [0.15, 0.2) is 0 Å². The molecule has 31 heavy (non-hydrogen) atoms. The molecule has 5 heteroatoms. The van der Waals surface area contributed by atoms with Crippen LogP contribution in [0, 0.1) is 0 Å². The summed E-state index contributed by atoms with van der Waals surface area (Å²) < 4.78 is 12.0. The molecule has 1 atom stereocenters. The summed E-state index contributed by atoms with van der Waals surface area (Å²) in [7, 11) is 3.80. The lowest BCUT2D eigenvalue weighted by molar-refractivity contribution is -0.0195. The molecule has 2 aliphatic rings. The fraction of sp³-hybridized carbons (Fsp3) is 0.346. The van der Waals surface area contributed by atoms with Gasteiger partial charge in [-0.25, -0.2) is 0 Å². The molecule has 3 aromatic rings. The van der Waals surface area contributed by atoms with Crippen molar-refractivity contribution < 1.29 is 14.3 Å². The highest BCUT2D eigenvalue weighted by atomic mass is 16.5. The maximum Gasteiger partial charge on any atom is 0.252 e. The zero-order chi connectivity index (χ0) is 21.4. The van der Waals surface area contributed by atoms with Crippen molar-refractivity contribution in [1.29, 1.82) is 0 Å². The van der Waals surface area contributed by atoms with Crippen molar-refractivity contribution in [2.75, 3.05) is 27.2 Å². The van der Waals surface area contributed by atoms with E-state index >= 15 is 0 Å². The predicted octanol–water partition coefficient (Wildman–Crippen LogP) is 4.57. The molecule has 5 nitrogen and oxygen atoms in total. The van der Waals surface area contributed by atoms with Crippen LogP contribution in [0.1, 0.15) is 41.2 Å². The molecule has 160 valence electrons. The fourth-order valence-electron chi connectivity index (χ4n) is 4.96. The summed E-state index contributed by atoms with van der Waals surface area (Å²) in [4.78, 5) is 15.8. The molecular weight excluding hydrogens is 388 g/mol.